The van der Waals surface area contributed by atoms with Gasteiger partial charge in [-0.3, -0.25) is 0 Å². The Kier molecular flexibility index (Phi) is 6.67. The maximum absolute atomic E-state index is 13.2. The molecule has 0 bridgehead atoms. The second-order valence-electron chi connectivity index (χ2n) is 6.85. The summed E-state index contributed by atoms with van der Waals surface area (Å²) < 4.78 is 16.1. The summed E-state index contributed by atoms with van der Waals surface area (Å²) in [4.78, 5) is 17.6. The molecule has 1 fully saturated rings. The molecule has 1 aromatic carbocycles. The molecule has 1 N–H and O–H groups in total. The van der Waals surface area contributed by atoms with Gasteiger partial charge in [-0.2, -0.15) is 0 Å². The SMILES string of the molecule is COc1cc(NC(=O)N2CCCCCC2c2ccc(C)s2)cc(OC)c1OC. The Bertz CT molecular complexity index is 795. The van der Waals surface area contributed by atoms with E-state index in [2.05, 4.69) is 24.4 Å². The van der Waals surface area contributed by atoms with Crippen LogP contribution < -0.4 is 19.5 Å². The molecule has 2 amide bonds. The molecule has 0 saturated carbocycles. The smallest absolute Gasteiger partial charge is 0.322 e. The summed E-state index contributed by atoms with van der Waals surface area (Å²) in [7, 11) is 4.68. The maximum atomic E-state index is 13.2. The summed E-state index contributed by atoms with van der Waals surface area (Å²) in [5.41, 5.74) is 0.616. The summed E-state index contributed by atoms with van der Waals surface area (Å²) >= 11 is 1.77. The Hall–Kier alpha value is -2.41. The lowest BCUT2D eigenvalue weighted by atomic mass is 10.1. The predicted octanol–water partition coefficient (Wildman–Crippen LogP) is 5.23. The number of benzene rings is 1. The zero-order chi connectivity index (χ0) is 20.1. The Balaban J connectivity index is 1.85. The van der Waals surface area contributed by atoms with Crippen LogP contribution in [-0.4, -0.2) is 38.8 Å². The summed E-state index contributed by atoms with van der Waals surface area (Å²) in [6, 6.07) is 7.79. The highest BCUT2D eigenvalue weighted by molar-refractivity contribution is 7.12. The molecule has 1 saturated heterocycles. The molecule has 2 heterocycles. The first-order valence-corrected chi connectivity index (χ1v) is 10.3. The van der Waals surface area contributed by atoms with Gasteiger partial charge in [0.1, 0.15) is 0 Å². The molecular weight excluding hydrogens is 376 g/mol. The normalized spacial score (nSPS) is 17.0. The third-order valence-corrected chi connectivity index (χ3v) is 6.12. The lowest BCUT2D eigenvalue weighted by Crippen LogP contribution is -2.37. The molecule has 1 unspecified atom stereocenters. The first kappa shape index (κ1) is 20.3. The third-order valence-electron chi connectivity index (χ3n) is 5.02. The zero-order valence-corrected chi connectivity index (χ0v) is 17.7. The van der Waals surface area contributed by atoms with Crippen molar-refractivity contribution in [1.29, 1.82) is 0 Å². The number of nitrogens with zero attached hydrogens (tertiary/aromatic N) is 1. The van der Waals surface area contributed by atoms with Crippen LogP contribution in [0.25, 0.3) is 0 Å². The number of aryl methyl sites for hydroxylation is 1. The van der Waals surface area contributed by atoms with E-state index >= 15 is 0 Å². The molecule has 7 heteroatoms. The topological polar surface area (TPSA) is 60.0 Å². The van der Waals surface area contributed by atoms with Gasteiger partial charge in [0.2, 0.25) is 5.75 Å². The van der Waals surface area contributed by atoms with E-state index in [4.69, 9.17) is 14.2 Å². The summed E-state index contributed by atoms with van der Waals surface area (Å²) in [5, 5.41) is 3.02. The van der Waals surface area contributed by atoms with Crippen LogP contribution in [0.5, 0.6) is 17.2 Å². The second kappa shape index (κ2) is 9.19. The van der Waals surface area contributed by atoms with Crippen molar-refractivity contribution in [3.8, 4) is 17.2 Å². The standard InChI is InChI=1S/C21H28N2O4S/c1-14-9-10-19(28-14)16-8-6-5-7-11-23(16)21(24)22-15-12-17(25-2)20(27-4)18(13-15)26-3/h9-10,12-13,16H,5-8,11H2,1-4H3,(H,22,24). The molecule has 152 valence electrons. The number of hydrogen-bond donors (Lipinski definition) is 1. The van der Waals surface area contributed by atoms with Crippen molar-refractivity contribution < 1.29 is 19.0 Å². The largest absolute Gasteiger partial charge is 0.493 e. The minimum absolute atomic E-state index is 0.104. The highest BCUT2D eigenvalue weighted by Gasteiger charge is 2.28. The first-order chi connectivity index (χ1) is 13.6. The van der Waals surface area contributed by atoms with Crippen LogP contribution in [-0.2, 0) is 0 Å². The summed E-state index contributed by atoms with van der Waals surface area (Å²) in [6.07, 6.45) is 4.29. The molecule has 0 radical (unpaired) electrons. The number of rotatable bonds is 5. The third kappa shape index (κ3) is 4.35. The van der Waals surface area contributed by atoms with E-state index < -0.39 is 0 Å². The molecule has 0 aliphatic carbocycles. The van der Waals surface area contributed by atoms with Gasteiger partial charge in [-0.15, -0.1) is 11.3 Å². The molecular formula is C21H28N2O4S. The number of amides is 2. The van der Waals surface area contributed by atoms with E-state index in [0.717, 1.165) is 32.2 Å². The van der Waals surface area contributed by atoms with E-state index in [1.165, 1.54) is 9.75 Å². The van der Waals surface area contributed by atoms with Crippen LogP contribution in [0.15, 0.2) is 24.3 Å². The second-order valence-corrected chi connectivity index (χ2v) is 8.17. The fourth-order valence-corrected chi connectivity index (χ4v) is 4.65. The van der Waals surface area contributed by atoms with E-state index in [-0.39, 0.29) is 12.1 Å². The molecule has 3 rings (SSSR count). The van der Waals surface area contributed by atoms with Gasteiger partial charge >= 0.3 is 6.03 Å². The monoisotopic (exact) mass is 404 g/mol. The van der Waals surface area contributed by atoms with E-state index in [1.807, 2.05) is 4.90 Å². The molecule has 0 spiro atoms. The van der Waals surface area contributed by atoms with Crippen LogP contribution in [0, 0.1) is 6.92 Å². The molecule has 1 aliphatic heterocycles. The van der Waals surface area contributed by atoms with Gasteiger partial charge in [-0.05, 0) is 31.9 Å². The van der Waals surface area contributed by atoms with Crippen molar-refractivity contribution in [3.63, 3.8) is 0 Å². The number of nitrogens with one attached hydrogen (secondary N) is 1. The molecule has 1 atom stereocenters. The first-order valence-electron chi connectivity index (χ1n) is 9.51. The number of carbonyl (C=O) groups is 1. The summed E-state index contributed by atoms with van der Waals surface area (Å²) in [5.74, 6) is 1.53. The van der Waals surface area contributed by atoms with Crippen molar-refractivity contribution in [2.24, 2.45) is 0 Å². The van der Waals surface area contributed by atoms with Crippen LogP contribution >= 0.6 is 11.3 Å². The van der Waals surface area contributed by atoms with Crippen molar-refractivity contribution in [3.05, 3.63) is 34.0 Å². The number of thiophene rings is 1. The number of ether oxygens (including phenoxy) is 3. The lowest BCUT2D eigenvalue weighted by Gasteiger charge is -2.29. The molecule has 2 aromatic rings. The van der Waals surface area contributed by atoms with Gasteiger partial charge in [0, 0.05) is 28.4 Å². The maximum Gasteiger partial charge on any atom is 0.322 e. The zero-order valence-electron chi connectivity index (χ0n) is 16.9. The fourth-order valence-electron chi connectivity index (χ4n) is 3.63. The van der Waals surface area contributed by atoms with Crippen molar-refractivity contribution in [2.45, 2.75) is 38.6 Å². The van der Waals surface area contributed by atoms with Gasteiger partial charge in [0.15, 0.2) is 11.5 Å². The highest BCUT2D eigenvalue weighted by atomic mass is 32.1. The Morgan fingerprint density at radius 2 is 1.79 bits per heavy atom. The van der Waals surface area contributed by atoms with E-state index in [0.29, 0.717) is 22.9 Å². The minimum Gasteiger partial charge on any atom is -0.493 e. The van der Waals surface area contributed by atoms with Gasteiger partial charge in [-0.1, -0.05) is 12.8 Å². The fraction of sp³-hybridized carbons (Fsp3) is 0.476. The van der Waals surface area contributed by atoms with Gasteiger partial charge < -0.3 is 24.4 Å². The van der Waals surface area contributed by atoms with E-state index in [9.17, 15) is 4.79 Å². The predicted molar refractivity (Wildman–Crippen MR) is 112 cm³/mol. The lowest BCUT2D eigenvalue weighted by molar-refractivity contribution is 0.190. The van der Waals surface area contributed by atoms with Crippen LogP contribution in [0.1, 0.15) is 41.5 Å². The van der Waals surface area contributed by atoms with Gasteiger partial charge in [-0.25, -0.2) is 4.79 Å². The number of likely N-dealkylation sites (tertiary alicyclic amines) is 1. The minimum atomic E-state index is -0.104. The number of anilines is 1. The van der Waals surface area contributed by atoms with Crippen molar-refractivity contribution in [2.75, 3.05) is 33.2 Å². The number of hydrogen-bond acceptors (Lipinski definition) is 5. The molecule has 1 aliphatic rings. The van der Waals surface area contributed by atoms with Gasteiger partial charge in [0.25, 0.3) is 0 Å². The van der Waals surface area contributed by atoms with Gasteiger partial charge in [0.05, 0.1) is 33.1 Å². The quantitative estimate of drug-likeness (QED) is 0.741. The Labute approximate surface area is 170 Å². The Morgan fingerprint density at radius 3 is 2.36 bits per heavy atom. The number of carbonyl (C=O) groups excluding carboxylic acids is 1. The summed E-state index contributed by atoms with van der Waals surface area (Å²) in [6.45, 7) is 2.85. The molecule has 28 heavy (non-hydrogen) atoms. The van der Waals surface area contributed by atoms with Crippen molar-refractivity contribution in [1.82, 2.24) is 4.90 Å². The molecule has 1 aromatic heterocycles. The average Bonchev–Trinajstić information content (AvgIpc) is 2.98. The highest BCUT2D eigenvalue weighted by Crippen LogP contribution is 2.40. The van der Waals surface area contributed by atoms with Crippen molar-refractivity contribution >= 4 is 23.1 Å². The number of methoxy groups -OCH3 is 3. The molecule has 6 nitrogen and oxygen atoms in total. The average molecular weight is 405 g/mol. The van der Waals surface area contributed by atoms with E-state index in [1.54, 1.807) is 44.8 Å². The van der Waals surface area contributed by atoms with Crippen LogP contribution in [0.3, 0.4) is 0 Å². The Morgan fingerprint density at radius 1 is 1.07 bits per heavy atom. The number of urea groups is 1. The van der Waals surface area contributed by atoms with Crippen LogP contribution in [0.2, 0.25) is 0 Å². The van der Waals surface area contributed by atoms with Crippen LogP contribution in [0.4, 0.5) is 10.5 Å².